The second kappa shape index (κ2) is 65.1. The zero-order valence-corrected chi connectivity index (χ0v) is 93.6. The van der Waals surface area contributed by atoms with E-state index in [4.69, 9.17) is 52.1 Å². The van der Waals surface area contributed by atoms with Crippen molar-refractivity contribution in [2.45, 2.75) is 469 Å². The van der Waals surface area contributed by atoms with E-state index in [1.165, 1.54) is 71.4 Å². The molecule has 0 aromatic rings. The van der Waals surface area contributed by atoms with Gasteiger partial charge in [0.1, 0.15) is 0 Å². The molecule has 2 saturated carbocycles. The number of likely N-dealkylation sites (tertiary alicyclic amines) is 1. The number of hydrogen-bond donors (Lipinski definition) is 6. The van der Waals surface area contributed by atoms with Gasteiger partial charge in [-0.15, -0.1) is 0 Å². The minimum Gasteiger partial charge on any atom is -0.381 e. The van der Waals surface area contributed by atoms with E-state index >= 15 is 0 Å². The van der Waals surface area contributed by atoms with E-state index < -0.39 is 0 Å². The van der Waals surface area contributed by atoms with Gasteiger partial charge in [0.25, 0.3) is 0 Å². The van der Waals surface area contributed by atoms with E-state index in [-0.39, 0.29) is 65.8 Å². The fourth-order valence-corrected chi connectivity index (χ4v) is 12.7. The average molecular weight is 1820 g/mol. The van der Waals surface area contributed by atoms with Crippen LogP contribution < -0.4 is 31.9 Å². The summed E-state index contributed by atoms with van der Waals surface area (Å²) in [6.07, 6.45) is 16.8. The van der Waals surface area contributed by atoms with Crippen molar-refractivity contribution in [3.05, 3.63) is 0 Å². The molecule has 2 atom stereocenters. The third-order valence-corrected chi connectivity index (χ3v) is 21.2. The Labute approximate surface area is 792 Å². The van der Waals surface area contributed by atoms with Gasteiger partial charge in [-0.1, -0.05) is 152 Å². The van der Waals surface area contributed by atoms with Gasteiger partial charge >= 0.3 is 0 Å². The van der Waals surface area contributed by atoms with E-state index in [9.17, 15) is 0 Å². The Hall–Kier alpha value is -0.800. The highest BCUT2D eigenvalue weighted by atomic mass is 16.5. The summed E-state index contributed by atoms with van der Waals surface area (Å²) in [6, 6.07) is 1.26. The number of piperazine rings is 1. The van der Waals surface area contributed by atoms with E-state index in [0.29, 0.717) is 66.6 Å². The van der Waals surface area contributed by atoms with Crippen LogP contribution in [0.2, 0.25) is 0 Å². The van der Waals surface area contributed by atoms with E-state index in [1.54, 1.807) is 0 Å². The van der Waals surface area contributed by atoms with Gasteiger partial charge in [0, 0.05) is 156 Å². The molecular formula is C107H229N9O11. The summed E-state index contributed by atoms with van der Waals surface area (Å²) < 4.78 is 62.4. The van der Waals surface area contributed by atoms with Crippen LogP contribution in [0.3, 0.4) is 0 Å². The van der Waals surface area contributed by atoms with Crippen LogP contribution in [0.25, 0.3) is 0 Å². The Morgan fingerprint density at radius 3 is 0.913 bits per heavy atom. The molecule has 2 saturated heterocycles. The third kappa shape index (κ3) is 95.3. The molecule has 0 aromatic heterocycles. The van der Waals surface area contributed by atoms with Gasteiger partial charge in [-0.2, -0.15) is 0 Å². The first-order chi connectivity index (χ1) is 57.6. The van der Waals surface area contributed by atoms with Gasteiger partial charge in [0.2, 0.25) is 0 Å². The second-order valence-electron chi connectivity index (χ2n) is 52.6. The minimum atomic E-state index is 0.175. The molecule has 4 aliphatic rings. The lowest BCUT2D eigenvalue weighted by atomic mass is 9.87. The summed E-state index contributed by atoms with van der Waals surface area (Å²) in [5.41, 5.74) is 3.69. The molecule has 0 unspecified atom stereocenters. The molecule has 2 heterocycles. The summed E-state index contributed by atoms with van der Waals surface area (Å²) in [6.45, 7) is 124. The quantitative estimate of drug-likeness (QED) is 0.0316. The molecular weight excluding hydrogens is 1590 g/mol. The summed E-state index contributed by atoms with van der Waals surface area (Å²) >= 11 is 0. The maximum absolute atomic E-state index is 5.81. The lowest BCUT2D eigenvalue weighted by Gasteiger charge is -2.47. The number of ether oxygens (including phenoxy) is 11. The van der Waals surface area contributed by atoms with Crippen molar-refractivity contribution in [1.82, 2.24) is 46.6 Å². The van der Waals surface area contributed by atoms with Crippen molar-refractivity contribution < 1.29 is 52.1 Å². The largest absolute Gasteiger partial charge is 0.381 e. The number of nitrogens with one attached hydrogen (secondary N) is 6. The van der Waals surface area contributed by atoms with Crippen LogP contribution in [0.5, 0.6) is 0 Å². The molecule has 4 rings (SSSR count). The highest BCUT2D eigenvalue weighted by molar-refractivity contribution is 4.93. The van der Waals surface area contributed by atoms with Gasteiger partial charge in [0.05, 0.1) is 90.0 Å². The normalized spacial score (nSPS) is 18.8. The van der Waals surface area contributed by atoms with Crippen LogP contribution >= 0.6 is 0 Å². The van der Waals surface area contributed by atoms with Gasteiger partial charge in [0.15, 0.2) is 0 Å². The molecule has 4 fully saturated rings. The predicted molar refractivity (Wildman–Crippen MR) is 550 cm³/mol. The Bertz CT molecular complexity index is 2370. The molecule has 20 heteroatoms. The SMILES string of the molecule is CC(C)(C)CCCCOCCCNC(C)(C)C.CC(C)(C)CCN1CCN(CCCNC(C)(C)C)CC1.CC(C)(C)COCCCOC1CN(C(C)(C)C)C1.CC(C)(C)COCCOC1CC(NC(C)(C)C)C1.CC(C)(C)COCCOC1CC(NC(C)(C)C)C1.C[C@@H](OCCCOCCNC(C)(C)C)C(C)(C)C.C[C@H](OCCCOCCNC(C)(C)C)C(C)(C)C. The smallest absolute Gasteiger partial charge is 0.0829 e. The Morgan fingerprint density at radius 1 is 0.268 bits per heavy atom. The Kier molecular flexibility index (Phi) is 66.8. The number of nitrogens with zero attached hydrogens (tertiary/aromatic N) is 3. The molecule has 6 N–H and O–H groups in total. The van der Waals surface area contributed by atoms with Crippen molar-refractivity contribution in [3.8, 4) is 0 Å². The lowest BCUT2D eigenvalue weighted by molar-refractivity contribution is -0.0921. The highest BCUT2D eigenvalue weighted by Gasteiger charge is 2.36. The molecule has 0 aromatic carbocycles. The van der Waals surface area contributed by atoms with Gasteiger partial charge < -0.3 is 93.8 Å². The first-order valence-corrected chi connectivity index (χ1v) is 50.9. The zero-order valence-electron chi connectivity index (χ0n) is 93.6. The van der Waals surface area contributed by atoms with Crippen LogP contribution in [0.15, 0.2) is 0 Å². The molecule has 0 spiro atoms. The monoisotopic (exact) mass is 1820 g/mol. The third-order valence-electron chi connectivity index (χ3n) is 21.2. The first-order valence-electron chi connectivity index (χ1n) is 50.9. The fourth-order valence-electron chi connectivity index (χ4n) is 12.7. The second-order valence-corrected chi connectivity index (χ2v) is 52.6. The molecule has 2 aliphatic heterocycles. The Morgan fingerprint density at radius 2 is 0.575 bits per heavy atom. The maximum atomic E-state index is 5.81. The molecule has 127 heavy (non-hydrogen) atoms. The van der Waals surface area contributed by atoms with Gasteiger partial charge in [-0.25, -0.2) is 0 Å². The lowest BCUT2D eigenvalue weighted by Crippen LogP contribution is -2.59. The number of hydrogen-bond acceptors (Lipinski definition) is 20. The van der Waals surface area contributed by atoms with Crippen LogP contribution in [-0.2, 0) is 52.1 Å². The highest BCUT2D eigenvalue weighted by Crippen LogP contribution is 2.30. The zero-order chi connectivity index (χ0) is 98.5. The van der Waals surface area contributed by atoms with Crippen molar-refractivity contribution in [2.75, 3.05) is 191 Å². The first kappa shape index (κ1) is 130. The number of rotatable bonds is 48. The van der Waals surface area contributed by atoms with Crippen LogP contribution in [0.4, 0.5) is 0 Å². The summed E-state index contributed by atoms with van der Waals surface area (Å²) in [4.78, 5) is 7.71. The number of unbranched alkanes of at least 4 members (excludes halogenated alkanes) is 1. The van der Waals surface area contributed by atoms with Crippen LogP contribution in [-0.4, -0.2) is 287 Å². The van der Waals surface area contributed by atoms with Gasteiger partial charge in [-0.3, -0.25) is 4.90 Å². The molecule has 0 radical (unpaired) electrons. The predicted octanol–water partition coefficient (Wildman–Crippen LogP) is 22.2. The molecule has 0 bridgehead atoms. The van der Waals surface area contributed by atoms with Crippen molar-refractivity contribution >= 4 is 0 Å². The van der Waals surface area contributed by atoms with Crippen molar-refractivity contribution in [1.29, 1.82) is 0 Å². The fraction of sp³-hybridized carbons (Fsp3) is 1.00. The van der Waals surface area contributed by atoms with Crippen LogP contribution in [0.1, 0.15) is 388 Å². The standard InChI is InChI=1S/C17H37N3.3C15H31NO2.2C15H33NO2.C15H33NO/c1-16(2,3)8-11-20-14-12-19(13-15-20)10-7-9-18-17(4,5)6;2*1-14(2,3)11-17-7-8-18-13-9-12(10-13)16-15(4,5)6;1-14(2,3)12-17-8-7-9-18-13-10-16(11-13)15(4,5)6;2*1-13(14(2,3)4)18-11-8-10-17-12-9-16-15(5,6)7;1-14(2,3)10-7-8-12-17-13-9-11-16-15(4,5)6/h18H,7-15H2,1-6H3;2*12-13,16H,7-11H2,1-6H3;13H,7-12H2,1-6H3;2*13,16H,8-12H2,1-7H3;16H,7-13H2,1-6H3/t;;;;2*13-;/m....10./s1. The maximum Gasteiger partial charge on any atom is 0.0829 e. The summed E-state index contributed by atoms with van der Waals surface area (Å²) in [7, 11) is 0. The van der Waals surface area contributed by atoms with Gasteiger partial charge in [-0.05, 0) is 300 Å². The van der Waals surface area contributed by atoms with Crippen molar-refractivity contribution in [3.63, 3.8) is 0 Å². The van der Waals surface area contributed by atoms with E-state index in [1.807, 2.05) is 0 Å². The molecule has 0 amide bonds. The minimum absolute atomic E-state index is 0.175. The molecule has 2 aliphatic carbocycles. The van der Waals surface area contributed by atoms with E-state index in [2.05, 4.69) is 351 Å². The van der Waals surface area contributed by atoms with E-state index in [0.717, 1.165) is 190 Å². The summed E-state index contributed by atoms with van der Waals surface area (Å²) in [5, 5.41) is 21.0. The summed E-state index contributed by atoms with van der Waals surface area (Å²) in [5.74, 6) is 0. The Balaban J connectivity index is -0.00000141. The average Bonchev–Trinajstić information content (AvgIpc) is 0.822. The molecule has 20 nitrogen and oxygen atoms in total. The molecule has 768 valence electrons. The van der Waals surface area contributed by atoms with Crippen LogP contribution in [0, 0.1) is 37.9 Å². The topological polar surface area (TPSA) is 183 Å². The van der Waals surface area contributed by atoms with Crippen molar-refractivity contribution in [2.24, 2.45) is 37.9 Å².